The Hall–Kier alpha value is -1.82. The van der Waals surface area contributed by atoms with Crippen molar-refractivity contribution in [2.24, 2.45) is 0 Å². The van der Waals surface area contributed by atoms with E-state index in [4.69, 9.17) is 11.6 Å². The van der Waals surface area contributed by atoms with Gasteiger partial charge in [-0.3, -0.25) is 0 Å². The highest BCUT2D eigenvalue weighted by Crippen LogP contribution is 2.44. The number of aromatic nitrogens is 1. The summed E-state index contributed by atoms with van der Waals surface area (Å²) in [6.45, 7) is 15.8. The number of benzene rings is 2. The van der Waals surface area contributed by atoms with Crippen molar-refractivity contribution < 1.29 is 8.42 Å². The van der Waals surface area contributed by atoms with Crippen molar-refractivity contribution in [2.45, 2.75) is 75.2 Å². The van der Waals surface area contributed by atoms with Crippen LogP contribution in [0.1, 0.15) is 63.5 Å². The molecule has 0 spiro atoms. The second-order valence-electron chi connectivity index (χ2n) is 9.99. The minimum atomic E-state index is -3.67. The lowest BCUT2D eigenvalue weighted by molar-refractivity contribution is 0.589. The Morgan fingerprint density at radius 3 is 1.76 bits per heavy atom. The summed E-state index contributed by atoms with van der Waals surface area (Å²) < 4.78 is 30.3. The van der Waals surface area contributed by atoms with Gasteiger partial charge >= 0.3 is 0 Å². The van der Waals surface area contributed by atoms with Crippen LogP contribution in [0.25, 0.3) is 0 Å². The van der Waals surface area contributed by atoms with Gasteiger partial charge in [0.1, 0.15) is 5.25 Å². The number of halogens is 1. The zero-order valence-electron chi connectivity index (χ0n) is 20.7. The number of nitrogens with zero attached hydrogens (tertiary/aromatic N) is 1. The molecule has 3 aromatic rings. The van der Waals surface area contributed by atoms with E-state index in [1.165, 1.54) is 0 Å². The fourth-order valence-electron chi connectivity index (χ4n) is 5.76. The van der Waals surface area contributed by atoms with Gasteiger partial charge in [-0.05, 0) is 71.2 Å². The fourth-order valence-corrected chi connectivity index (χ4v) is 14.2. The zero-order valence-corrected chi connectivity index (χ0v) is 23.3. The van der Waals surface area contributed by atoms with E-state index in [-0.39, 0.29) is 0 Å². The van der Waals surface area contributed by atoms with Crippen molar-refractivity contribution in [1.29, 1.82) is 0 Å². The Bertz CT molecular complexity index is 1160. The smallest absolute Gasteiger partial charge is 0.189 e. The highest BCUT2D eigenvalue weighted by molar-refractivity contribution is 7.91. The monoisotopic (exact) mass is 501 g/mol. The van der Waals surface area contributed by atoms with Gasteiger partial charge in [0.05, 0.1) is 4.90 Å². The minimum Gasteiger partial charge on any atom is -0.379 e. The van der Waals surface area contributed by atoms with Crippen LogP contribution in [0.2, 0.25) is 21.6 Å². The third-order valence-corrected chi connectivity index (χ3v) is 16.1. The molecule has 0 N–H and O–H groups in total. The predicted octanol–water partition coefficient (Wildman–Crippen LogP) is 8.04. The number of aryl methyl sites for hydroxylation is 1. The lowest BCUT2D eigenvalue weighted by atomic mass is 10.1. The molecule has 0 aliphatic heterocycles. The van der Waals surface area contributed by atoms with Gasteiger partial charge in [-0.25, -0.2) is 8.42 Å². The van der Waals surface area contributed by atoms with E-state index in [0.29, 0.717) is 26.5 Å². The van der Waals surface area contributed by atoms with Crippen LogP contribution in [0.3, 0.4) is 0 Å². The molecule has 0 radical (unpaired) electrons. The van der Waals surface area contributed by atoms with Crippen molar-refractivity contribution >= 4 is 29.7 Å². The molecule has 0 saturated heterocycles. The summed E-state index contributed by atoms with van der Waals surface area (Å²) >= 11 is 6.13. The maximum Gasteiger partial charge on any atom is 0.189 e. The topological polar surface area (TPSA) is 39.1 Å². The summed E-state index contributed by atoms with van der Waals surface area (Å²) in [5, 5.41) is -0.203. The summed E-state index contributed by atoms with van der Waals surface area (Å²) in [5.74, 6) is 0. The van der Waals surface area contributed by atoms with E-state index in [1.807, 2.05) is 37.3 Å². The Kier molecular flexibility index (Phi) is 7.67. The molecule has 33 heavy (non-hydrogen) atoms. The van der Waals surface area contributed by atoms with Crippen LogP contribution in [-0.4, -0.2) is 20.9 Å². The molecule has 0 amide bonds. The number of hydrogen-bond acceptors (Lipinski definition) is 2. The van der Waals surface area contributed by atoms with Crippen molar-refractivity contribution in [3.63, 3.8) is 0 Å². The summed E-state index contributed by atoms with van der Waals surface area (Å²) in [6, 6.07) is 16.3. The van der Waals surface area contributed by atoms with E-state index >= 15 is 0 Å². The quantitative estimate of drug-likeness (QED) is 0.293. The van der Waals surface area contributed by atoms with Crippen LogP contribution in [0.5, 0.6) is 0 Å². The van der Waals surface area contributed by atoms with E-state index in [0.717, 1.165) is 16.7 Å². The van der Waals surface area contributed by atoms with Crippen LogP contribution in [0, 0.1) is 6.92 Å². The number of rotatable bonds is 8. The third-order valence-electron chi connectivity index (χ3n) is 7.07. The number of sulfone groups is 1. The van der Waals surface area contributed by atoms with Gasteiger partial charge in [-0.1, -0.05) is 83.0 Å². The molecule has 1 heterocycles. The first-order chi connectivity index (χ1) is 15.4. The first-order valence-corrected chi connectivity index (χ1v) is 15.8. The van der Waals surface area contributed by atoms with Gasteiger partial charge in [0.2, 0.25) is 0 Å². The molecular formula is C27H36ClNO2SSi. The molecule has 178 valence electrons. The normalized spacial score (nSPS) is 13.8. The van der Waals surface area contributed by atoms with Gasteiger partial charge in [0.15, 0.2) is 18.1 Å². The minimum absolute atomic E-state index is 0.334. The van der Waals surface area contributed by atoms with Crippen LogP contribution in [0.15, 0.2) is 71.9 Å². The molecule has 0 bridgehead atoms. The van der Waals surface area contributed by atoms with Gasteiger partial charge in [-0.15, -0.1) is 0 Å². The molecule has 1 atom stereocenters. The van der Waals surface area contributed by atoms with Crippen molar-refractivity contribution in [1.82, 2.24) is 4.23 Å². The molecule has 1 unspecified atom stereocenters. The lowest BCUT2D eigenvalue weighted by Gasteiger charge is -2.44. The molecule has 3 nitrogen and oxygen atoms in total. The summed E-state index contributed by atoms with van der Waals surface area (Å²) in [7, 11) is -5.65. The van der Waals surface area contributed by atoms with Gasteiger partial charge in [-0.2, -0.15) is 0 Å². The lowest BCUT2D eigenvalue weighted by Crippen LogP contribution is -2.51. The van der Waals surface area contributed by atoms with Crippen LogP contribution < -0.4 is 0 Å². The fraction of sp³-hybridized carbons (Fsp3) is 0.407. The Morgan fingerprint density at radius 1 is 0.758 bits per heavy atom. The molecule has 2 aromatic carbocycles. The van der Waals surface area contributed by atoms with Gasteiger partial charge in [0, 0.05) is 11.2 Å². The highest BCUT2D eigenvalue weighted by atomic mass is 35.5. The molecular weight excluding hydrogens is 466 g/mol. The molecule has 0 saturated carbocycles. The van der Waals surface area contributed by atoms with Crippen LogP contribution in [-0.2, 0) is 9.84 Å². The van der Waals surface area contributed by atoms with Crippen LogP contribution in [0.4, 0.5) is 0 Å². The standard InChI is InChI=1S/C27H36ClNO2SSi/c1-19(2)33(20(3)4,21(5)6)29-17-16-24(18-29)27(23-10-12-25(28)13-11-23)32(30,31)26-14-8-22(7)9-15-26/h8-21,27H,1-7H3. The SMILES string of the molecule is Cc1ccc(S(=O)(=O)C(c2ccc(Cl)cc2)c2ccn([Si](C(C)C)(C(C)C)C(C)C)c2)cc1. The first kappa shape index (κ1) is 25.8. The zero-order chi connectivity index (χ0) is 24.6. The average molecular weight is 502 g/mol. The third kappa shape index (κ3) is 4.73. The summed E-state index contributed by atoms with van der Waals surface area (Å²) in [4.78, 5) is 0.334. The van der Waals surface area contributed by atoms with E-state index in [1.54, 1.807) is 24.3 Å². The predicted molar refractivity (Wildman–Crippen MR) is 143 cm³/mol. The van der Waals surface area contributed by atoms with Crippen molar-refractivity contribution in [2.75, 3.05) is 0 Å². The first-order valence-electron chi connectivity index (χ1n) is 11.7. The second-order valence-corrected chi connectivity index (χ2v) is 18.2. The molecule has 0 fully saturated rings. The molecule has 0 aliphatic rings. The van der Waals surface area contributed by atoms with E-state index in [2.05, 4.69) is 58.2 Å². The molecule has 0 aliphatic carbocycles. The largest absolute Gasteiger partial charge is 0.379 e. The Morgan fingerprint density at radius 2 is 1.27 bits per heavy atom. The van der Waals surface area contributed by atoms with Crippen molar-refractivity contribution in [3.05, 3.63) is 88.7 Å². The van der Waals surface area contributed by atoms with Gasteiger partial charge < -0.3 is 4.23 Å². The van der Waals surface area contributed by atoms with Gasteiger partial charge in [0.25, 0.3) is 0 Å². The average Bonchev–Trinajstić information content (AvgIpc) is 3.18. The summed E-state index contributed by atoms with van der Waals surface area (Å²) in [5.41, 5.74) is 4.10. The Balaban J connectivity index is 2.22. The van der Waals surface area contributed by atoms with Crippen molar-refractivity contribution in [3.8, 4) is 0 Å². The maximum absolute atomic E-state index is 14.0. The Labute approximate surface area is 205 Å². The van der Waals surface area contributed by atoms with E-state index in [9.17, 15) is 8.42 Å². The van der Waals surface area contributed by atoms with Crippen LogP contribution >= 0.6 is 11.6 Å². The highest BCUT2D eigenvalue weighted by Gasteiger charge is 2.45. The second kappa shape index (κ2) is 9.81. The maximum atomic E-state index is 14.0. The summed E-state index contributed by atoms with van der Waals surface area (Å²) in [6.07, 6.45) is 4.23. The van der Waals surface area contributed by atoms with E-state index < -0.39 is 23.3 Å². The molecule has 3 rings (SSSR count). The number of hydrogen-bond donors (Lipinski definition) is 0. The molecule has 6 heteroatoms. The molecule has 1 aromatic heterocycles.